The zero-order valence-corrected chi connectivity index (χ0v) is 13.3. The topological polar surface area (TPSA) is 58.6 Å². The second kappa shape index (κ2) is 6.52. The van der Waals surface area contributed by atoms with Gasteiger partial charge < -0.3 is 15.2 Å². The van der Waals surface area contributed by atoms with Crippen LogP contribution in [0.25, 0.3) is 0 Å². The molecule has 1 aliphatic heterocycles. The molecule has 4 nitrogen and oxygen atoms in total. The summed E-state index contributed by atoms with van der Waals surface area (Å²) in [5.41, 5.74) is 4.43. The maximum atomic E-state index is 11.0. The highest BCUT2D eigenvalue weighted by Gasteiger charge is 2.24. The van der Waals surface area contributed by atoms with Crippen LogP contribution in [-0.4, -0.2) is 11.1 Å². The molecule has 0 amide bonds. The highest BCUT2D eigenvalue weighted by atomic mass is 16.5. The number of carboxylic acids is 1. The van der Waals surface area contributed by atoms with Gasteiger partial charge in [0, 0.05) is 5.56 Å². The summed E-state index contributed by atoms with van der Waals surface area (Å²) in [6.07, 6.45) is -0.271. The van der Waals surface area contributed by atoms with Crippen LogP contribution >= 0.6 is 0 Å². The molecule has 1 heterocycles. The summed E-state index contributed by atoms with van der Waals surface area (Å²) in [7, 11) is 0. The molecule has 2 aromatic rings. The monoisotopic (exact) mass is 299 g/mol. The van der Waals surface area contributed by atoms with Gasteiger partial charge in [-0.2, -0.15) is 0 Å². The summed E-state index contributed by atoms with van der Waals surface area (Å²) in [6, 6.07) is 11.1. The number of ether oxygens (including phenoxy) is 1. The minimum absolute atomic E-state index is 0.228. The Hall–Kier alpha value is -2.49. The Kier molecular flexibility index (Phi) is 4.71. The lowest BCUT2D eigenvalue weighted by atomic mass is 10.1. The number of rotatable bonds is 2. The Morgan fingerprint density at radius 2 is 1.73 bits per heavy atom. The smallest absolute Gasteiger partial charge is 0.335 e. The van der Waals surface area contributed by atoms with E-state index in [0.717, 1.165) is 11.3 Å². The number of benzene rings is 2. The number of hydrogen-bond donors (Lipinski definition) is 2. The van der Waals surface area contributed by atoms with Crippen LogP contribution in [-0.2, 0) is 0 Å². The van der Waals surface area contributed by atoms with Crippen molar-refractivity contribution in [3.8, 4) is 5.75 Å². The molecule has 3 rings (SSSR count). The quantitative estimate of drug-likeness (QED) is 0.855. The minimum atomic E-state index is -0.953. The number of fused-ring (bicyclic) bond motifs is 1. The molecule has 4 heteroatoms. The maximum Gasteiger partial charge on any atom is 0.335 e. The van der Waals surface area contributed by atoms with E-state index in [1.807, 2.05) is 27.7 Å². The molecule has 1 unspecified atom stereocenters. The van der Waals surface area contributed by atoms with Crippen molar-refractivity contribution in [1.29, 1.82) is 0 Å². The first-order valence-corrected chi connectivity index (χ1v) is 7.41. The highest BCUT2D eigenvalue weighted by molar-refractivity contribution is 5.89. The first kappa shape index (κ1) is 15.9. The Bertz CT molecular complexity index is 674. The van der Waals surface area contributed by atoms with Gasteiger partial charge in [0.2, 0.25) is 0 Å². The fourth-order valence-electron chi connectivity index (χ4n) is 2.48. The number of carbonyl (C=O) groups is 1. The molecular formula is C18H21NO3. The summed E-state index contributed by atoms with van der Waals surface area (Å²) >= 11 is 0. The van der Waals surface area contributed by atoms with Crippen molar-refractivity contribution < 1.29 is 14.6 Å². The van der Waals surface area contributed by atoms with E-state index in [4.69, 9.17) is 9.84 Å². The molecular weight excluding hydrogens is 278 g/mol. The van der Waals surface area contributed by atoms with Gasteiger partial charge in [0.1, 0.15) is 5.75 Å². The number of anilines is 1. The van der Waals surface area contributed by atoms with Gasteiger partial charge in [-0.25, -0.2) is 4.79 Å². The molecule has 22 heavy (non-hydrogen) atoms. The summed E-state index contributed by atoms with van der Waals surface area (Å²) in [6.45, 7) is 8.09. The third kappa shape index (κ3) is 3.22. The van der Waals surface area contributed by atoms with Gasteiger partial charge in [-0.3, -0.25) is 0 Å². The lowest BCUT2D eigenvalue weighted by Crippen LogP contribution is -2.10. The van der Waals surface area contributed by atoms with Crippen LogP contribution in [0.5, 0.6) is 5.75 Å². The van der Waals surface area contributed by atoms with E-state index in [-0.39, 0.29) is 11.8 Å². The Morgan fingerprint density at radius 3 is 2.32 bits per heavy atom. The SMILES string of the molecule is CC.Cc1cc(C)cc(C2Nc3ccc(C(=O)O)cc3O2)c1. The van der Waals surface area contributed by atoms with Crippen molar-refractivity contribution in [2.75, 3.05) is 5.32 Å². The fraction of sp³-hybridized carbons (Fsp3) is 0.278. The Balaban J connectivity index is 0.000000847. The van der Waals surface area contributed by atoms with Gasteiger partial charge in [0.05, 0.1) is 11.3 Å². The molecule has 0 spiro atoms. The van der Waals surface area contributed by atoms with Crippen molar-refractivity contribution >= 4 is 11.7 Å². The maximum absolute atomic E-state index is 11.0. The van der Waals surface area contributed by atoms with E-state index in [1.54, 1.807) is 18.2 Å². The molecule has 0 bridgehead atoms. The Morgan fingerprint density at radius 1 is 1.09 bits per heavy atom. The van der Waals surface area contributed by atoms with Crippen LogP contribution in [0, 0.1) is 13.8 Å². The van der Waals surface area contributed by atoms with E-state index < -0.39 is 5.97 Å². The molecule has 1 atom stereocenters. The van der Waals surface area contributed by atoms with E-state index >= 15 is 0 Å². The largest absolute Gasteiger partial charge is 0.478 e. The van der Waals surface area contributed by atoms with E-state index in [0.29, 0.717) is 5.75 Å². The molecule has 0 saturated carbocycles. The highest BCUT2D eigenvalue weighted by Crippen LogP contribution is 2.38. The van der Waals surface area contributed by atoms with Crippen molar-refractivity contribution in [3.05, 3.63) is 58.7 Å². The number of aromatic carboxylic acids is 1. The zero-order chi connectivity index (χ0) is 16.3. The third-order valence-electron chi connectivity index (χ3n) is 3.31. The number of aryl methyl sites for hydroxylation is 2. The molecule has 0 fully saturated rings. The van der Waals surface area contributed by atoms with Crippen LogP contribution in [0.1, 0.15) is 47.1 Å². The second-order valence-corrected chi connectivity index (χ2v) is 5.08. The van der Waals surface area contributed by atoms with Crippen molar-refractivity contribution in [2.45, 2.75) is 33.9 Å². The van der Waals surface area contributed by atoms with E-state index in [1.165, 1.54) is 11.1 Å². The van der Waals surface area contributed by atoms with Crippen molar-refractivity contribution in [1.82, 2.24) is 0 Å². The van der Waals surface area contributed by atoms with Crippen LogP contribution in [0.2, 0.25) is 0 Å². The van der Waals surface area contributed by atoms with Gasteiger partial charge in [0.25, 0.3) is 0 Å². The summed E-state index contributed by atoms with van der Waals surface area (Å²) < 4.78 is 5.82. The summed E-state index contributed by atoms with van der Waals surface area (Å²) in [5, 5.41) is 12.3. The minimum Gasteiger partial charge on any atom is -0.478 e. The van der Waals surface area contributed by atoms with Crippen LogP contribution in [0.15, 0.2) is 36.4 Å². The molecule has 0 aromatic heterocycles. The molecule has 2 aromatic carbocycles. The summed E-state index contributed by atoms with van der Waals surface area (Å²) in [4.78, 5) is 11.0. The Labute approximate surface area is 130 Å². The third-order valence-corrected chi connectivity index (χ3v) is 3.31. The number of nitrogens with one attached hydrogen (secondary N) is 1. The van der Waals surface area contributed by atoms with Gasteiger partial charge in [-0.05, 0) is 32.0 Å². The van der Waals surface area contributed by atoms with E-state index in [9.17, 15) is 4.79 Å². The molecule has 1 aliphatic rings. The van der Waals surface area contributed by atoms with Crippen LogP contribution in [0.3, 0.4) is 0 Å². The first-order chi connectivity index (χ1) is 10.5. The van der Waals surface area contributed by atoms with Crippen LogP contribution in [0.4, 0.5) is 5.69 Å². The fourth-order valence-corrected chi connectivity index (χ4v) is 2.48. The lowest BCUT2D eigenvalue weighted by Gasteiger charge is -2.13. The van der Waals surface area contributed by atoms with Crippen molar-refractivity contribution in [2.24, 2.45) is 0 Å². The molecule has 0 saturated heterocycles. The lowest BCUT2D eigenvalue weighted by molar-refractivity contribution is 0.0696. The zero-order valence-electron chi connectivity index (χ0n) is 13.3. The predicted octanol–water partition coefficient (Wildman–Crippen LogP) is 4.53. The first-order valence-electron chi connectivity index (χ1n) is 7.41. The van der Waals surface area contributed by atoms with Crippen LogP contribution < -0.4 is 10.1 Å². The van der Waals surface area contributed by atoms with Crippen molar-refractivity contribution in [3.63, 3.8) is 0 Å². The van der Waals surface area contributed by atoms with Gasteiger partial charge in [0.15, 0.2) is 6.23 Å². The molecule has 0 radical (unpaired) electrons. The average molecular weight is 299 g/mol. The average Bonchev–Trinajstić information content (AvgIpc) is 2.91. The van der Waals surface area contributed by atoms with Gasteiger partial charge in [-0.15, -0.1) is 0 Å². The predicted molar refractivity (Wildman–Crippen MR) is 87.7 cm³/mol. The molecule has 0 aliphatic carbocycles. The number of carboxylic acid groups (broad SMARTS) is 1. The normalized spacial score (nSPS) is 15.0. The van der Waals surface area contributed by atoms with E-state index in [2.05, 4.69) is 23.5 Å². The standard InChI is InChI=1S/C16H15NO3.C2H6/c1-9-5-10(2)7-12(6-9)15-17-13-4-3-11(16(18)19)8-14(13)20-15;1-2/h3-8,15,17H,1-2H3,(H,18,19);1-2H3. The summed E-state index contributed by atoms with van der Waals surface area (Å²) in [5.74, 6) is -0.375. The van der Waals surface area contributed by atoms with Gasteiger partial charge >= 0.3 is 5.97 Å². The van der Waals surface area contributed by atoms with Gasteiger partial charge in [-0.1, -0.05) is 43.2 Å². The molecule has 2 N–H and O–H groups in total. The molecule has 116 valence electrons. The number of hydrogen-bond acceptors (Lipinski definition) is 3. The second-order valence-electron chi connectivity index (χ2n) is 5.08.